The van der Waals surface area contributed by atoms with Crippen molar-refractivity contribution in [3.8, 4) is 5.75 Å². The Kier molecular flexibility index (Phi) is 3.86. The van der Waals surface area contributed by atoms with Gasteiger partial charge in [-0.2, -0.15) is 0 Å². The predicted molar refractivity (Wildman–Crippen MR) is 81.8 cm³/mol. The van der Waals surface area contributed by atoms with E-state index in [0.29, 0.717) is 17.3 Å². The molecule has 0 spiro atoms. The molecule has 0 saturated carbocycles. The summed E-state index contributed by atoms with van der Waals surface area (Å²) in [6, 6.07) is 12.5. The highest BCUT2D eigenvalue weighted by molar-refractivity contribution is 5.89. The Bertz CT molecular complexity index is 799. The number of pyridine rings is 1. The number of methoxy groups -OCH3 is 1. The van der Waals surface area contributed by atoms with Gasteiger partial charge in [-0.3, -0.25) is 4.40 Å². The molecule has 2 heterocycles. The topological polar surface area (TPSA) is 80.5 Å². The number of nitrogens with zero attached hydrogens (tertiary/aromatic N) is 3. The summed E-state index contributed by atoms with van der Waals surface area (Å²) in [4.78, 5) is 11.9. The van der Waals surface area contributed by atoms with Gasteiger partial charge < -0.3 is 15.4 Å². The van der Waals surface area contributed by atoms with E-state index in [4.69, 9.17) is 4.74 Å². The first kappa shape index (κ1) is 13.9. The Morgan fingerprint density at radius 3 is 3.00 bits per heavy atom. The molecule has 0 fully saturated rings. The summed E-state index contributed by atoms with van der Waals surface area (Å²) >= 11 is 0. The van der Waals surface area contributed by atoms with Gasteiger partial charge in [-0.1, -0.05) is 12.1 Å². The molecule has 2 aromatic heterocycles. The molecule has 3 aromatic rings. The summed E-state index contributed by atoms with van der Waals surface area (Å²) in [5, 5.41) is 13.6. The standard InChI is InChI=1S/C15H15N5O2/c1-22-12-6-4-5-11(9-12)17-15(21)16-10-14-19-18-13-7-2-3-8-20(13)14/h2-9H,10H2,1H3,(H2,16,17,21). The van der Waals surface area contributed by atoms with Crippen LogP contribution in [0.15, 0.2) is 48.7 Å². The lowest BCUT2D eigenvalue weighted by Crippen LogP contribution is -2.29. The van der Waals surface area contributed by atoms with E-state index in [1.165, 1.54) is 0 Å². The lowest BCUT2D eigenvalue weighted by atomic mass is 10.3. The minimum atomic E-state index is -0.319. The number of nitrogens with one attached hydrogen (secondary N) is 2. The van der Waals surface area contributed by atoms with E-state index in [-0.39, 0.29) is 12.6 Å². The molecule has 7 heteroatoms. The van der Waals surface area contributed by atoms with Gasteiger partial charge in [0, 0.05) is 18.0 Å². The van der Waals surface area contributed by atoms with E-state index in [1.54, 1.807) is 25.3 Å². The first-order valence-electron chi connectivity index (χ1n) is 6.74. The van der Waals surface area contributed by atoms with Crippen molar-refractivity contribution < 1.29 is 9.53 Å². The summed E-state index contributed by atoms with van der Waals surface area (Å²) in [6.07, 6.45) is 1.85. The first-order chi connectivity index (χ1) is 10.8. The lowest BCUT2D eigenvalue weighted by molar-refractivity contribution is 0.251. The molecule has 3 rings (SSSR count). The summed E-state index contributed by atoms with van der Waals surface area (Å²) in [7, 11) is 1.58. The third kappa shape index (κ3) is 2.98. The fourth-order valence-corrected chi connectivity index (χ4v) is 2.05. The Labute approximate surface area is 126 Å². The number of carbonyl (C=O) groups excluding carboxylic acids is 1. The Morgan fingerprint density at radius 1 is 1.23 bits per heavy atom. The molecule has 1 aromatic carbocycles. The SMILES string of the molecule is COc1cccc(NC(=O)NCc2nnc3ccccn23)c1. The summed E-state index contributed by atoms with van der Waals surface area (Å²) in [5.74, 6) is 1.35. The maximum atomic E-state index is 11.9. The molecule has 0 bridgehead atoms. The smallest absolute Gasteiger partial charge is 0.319 e. The van der Waals surface area contributed by atoms with Crippen molar-refractivity contribution in [2.24, 2.45) is 0 Å². The number of amides is 2. The number of benzene rings is 1. The highest BCUT2D eigenvalue weighted by Gasteiger charge is 2.07. The van der Waals surface area contributed by atoms with Crippen LogP contribution in [-0.4, -0.2) is 27.7 Å². The van der Waals surface area contributed by atoms with Gasteiger partial charge in [-0.05, 0) is 24.3 Å². The fourth-order valence-electron chi connectivity index (χ4n) is 2.05. The number of ether oxygens (including phenoxy) is 1. The van der Waals surface area contributed by atoms with Crippen LogP contribution in [0, 0.1) is 0 Å². The van der Waals surface area contributed by atoms with Crippen LogP contribution in [0.25, 0.3) is 5.65 Å². The maximum Gasteiger partial charge on any atom is 0.319 e. The molecule has 0 atom stereocenters. The van der Waals surface area contributed by atoms with Crippen LogP contribution in [0.5, 0.6) is 5.75 Å². The molecule has 0 unspecified atom stereocenters. The van der Waals surface area contributed by atoms with Gasteiger partial charge in [-0.15, -0.1) is 10.2 Å². The van der Waals surface area contributed by atoms with E-state index in [0.717, 1.165) is 5.65 Å². The molecule has 22 heavy (non-hydrogen) atoms. The van der Waals surface area contributed by atoms with Gasteiger partial charge in [0.25, 0.3) is 0 Å². The summed E-state index contributed by atoms with van der Waals surface area (Å²) < 4.78 is 6.94. The highest BCUT2D eigenvalue weighted by Crippen LogP contribution is 2.16. The van der Waals surface area contributed by atoms with Gasteiger partial charge in [0.05, 0.1) is 13.7 Å². The number of urea groups is 1. The van der Waals surface area contributed by atoms with Crippen LogP contribution < -0.4 is 15.4 Å². The van der Waals surface area contributed by atoms with Gasteiger partial charge >= 0.3 is 6.03 Å². The molecular formula is C15H15N5O2. The maximum absolute atomic E-state index is 11.9. The van der Waals surface area contributed by atoms with Crippen LogP contribution in [-0.2, 0) is 6.54 Å². The van der Waals surface area contributed by atoms with Gasteiger partial charge in [0.15, 0.2) is 11.5 Å². The van der Waals surface area contributed by atoms with Crippen molar-refractivity contribution in [3.63, 3.8) is 0 Å². The van der Waals surface area contributed by atoms with Crippen LogP contribution >= 0.6 is 0 Å². The van der Waals surface area contributed by atoms with E-state index in [1.807, 2.05) is 34.9 Å². The second-order valence-corrected chi connectivity index (χ2v) is 4.58. The number of anilines is 1. The Balaban J connectivity index is 1.62. The lowest BCUT2D eigenvalue weighted by Gasteiger charge is -2.08. The Morgan fingerprint density at radius 2 is 2.14 bits per heavy atom. The van der Waals surface area contributed by atoms with E-state index in [9.17, 15) is 4.79 Å². The molecular weight excluding hydrogens is 282 g/mol. The zero-order valence-corrected chi connectivity index (χ0v) is 12.0. The number of hydrogen-bond donors (Lipinski definition) is 2. The molecule has 0 radical (unpaired) electrons. The molecule has 7 nitrogen and oxygen atoms in total. The largest absolute Gasteiger partial charge is 0.497 e. The molecule has 0 aliphatic carbocycles. The van der Waals surface area contributed by atoms with Crippen molar-refractivity contribution >= 4 is 17.4 Å². The minimum absolute atomic E-state index is 0.279. The number of carbonyl (C=O) groups is 1. The molecule has 2 amide bonds. The quantitative estimate of drug-likeness (QED) is 0.772. The molecule has 2 N–H and O–H groups in total. The van der Waals surface area contributed by atoms with Crippen LogP contribution in [0.3, 0.4) is 0 Å². The first-order valence-corrected chi connectivity index (χ1v) is 6.74. The highest BCUT2D eigenvalue weighted by atomic mass is 16.5. The molecule has 112 valence electrons. The second kappa shape index (κ2) is 6.13. The van der Waals surface area contributed by atoms with E-state index >= 15 is 0 Å². The number of rotatable bonds is 4. The number of fused-ring (bicyclic) bond motifs is 1. The minimum Gasteiger partial charge on any atom is -0.497 e. The normalized spacial score (nSPS) is 10.4. The van der Waals surface area contributed by atoms with Crippen molar-refractivity contribution in [2.75, 3.05) is 12.4 Å². The van der Waals surface area contributed by atoms with Crippen molar-refractivity contribution in [1.29, 1.82) is 0 Å². The van der Waals surface area contributed by atoms with Gasteiger partial charge in [-0.25, -0.2) is 4.79 Å². The van der Waals surface area contributed by atoms with Crippen molar-refractivity contribution in [2.45, 2.75) is 6.54 Å². The van der Waals surface area contributed by atoms with Crippen molar-refractivity contribution in [1.82, 2.24) is 19.9 Å². The van der Waals surface area contributed by atoms with Crippen LogP contribution in [0.4, 0.5) is 10.5 Å². The van der Waals surface area contributed by atoms with Crippen LogP contribution in [0.2, 0.25) is 0 Å². The summed E-state index contributed by atoms with van der Waals surface area (Å²) in [6.45, 7) is 0.279. The van der Waals surface area contributed by atoms with E-state index in [2.05, 4.69) is 20.8 Å². The monoisotopic (exact) mass is 297 g/mol. The average Bonchev–Trinajstić information content (AvgIpc) is 2.96. The molecule has 0 saturated heterocycles. The molecule has 0 aliphatic rings. The second-order valence-electron chi connectivity index (χ2n) is 4.58. The molecule has 0 aliphatic heterocycles. The van der Waals surface area contributed by atoms with Gasteiger partial charge in [0.2, 0.25) is 0 Å². The predicted octanol–water partition coefficient (Wildman–Crippen LogP) is 2.06. The van der Waals surface area contributed by atoms with Crippen LogP contribution in [0.1, 0.15) is 5.82 Å². The number of hydrogen-bond acceptors (Lipinski definition) is 4. The number of aromatic nitrogens is 3. The average molecular weight is 297 g/mol. The van der Waals surface area contributed by atoms with Crippen molar-refractivity contribution in [3.05, 3.63) is 54.5 Å². The third-order valence-electron chi connectivity index (χ3n) is 3.12. The Hall–Kier alpha value is -3.09. The summed E-state index contributed by atoms with van der Waals surface area (Å²) in [5.41, 5.74) is 1.40. The fraction of sp³-hybridized carbons (Fsp3) is 0.133. The zero-order chi connectivity index (χ0) is 15.4. The van der Waals surface area contributed by atoms with Gasteiger partial charge in [0.1, 0.15) is 5.75 Å². The van der Waals surface area contributed by atoms with E-state index < -0.39 is 0 Å². The zero-order valence-electron chi connectivity index (χ0n) is 12.0. The third-order valence-corrected chi connectivity index (χ3v) is 3.12.